The Hall–Kier alpha value is -2.64. The lowest BCUT2D eigenvalue weighted by Crippen LogP contribution is -2.61. The number of imide groups is 1. The summed E-state index contributed by atoms with van der Waals surface area (Å²) >= 11 is 8.01. The Balaban J connectivity index is 1.58. The number of aryl methyl sites for hydroxylation is 1. The number of nitrogens with zero attached hydrogens (tertiary/aromatic N) is 4. The number of amides is 3. The molecule has 2 aromatic carbocycles. The third-order valence-corrected chi connectivity index (χ3v) is 6.92. The second-order valence-corrected chi connectivity index (χ2v) is 9.02. The molecule has 0 radical (unpaired) electrons. The van der Waals surface area contributed by atoms with Crippen molar-refractivity contribution < 1.29 is 14.2 Å². The molecule has 2 aliphatic rings. The molecule has 2 aromatic rings. The molecule has 1 fully saturated rings. The Morgan fingerprint density at radius 3 is 2.48 bits per heavy atom. The van der Waals surface area contributed by atoms with Crippen LogP contribution in [0.15, 0.2) is 59.6 Å². The summed E-state index contributed by atoms with van der Waals surface area (Å²) in [5.41, 5.74) is 2.22. The van der Waals surface area contributed by atoms with Crippen LogP contribution in [0.25, 0.3) is 0 Å². The van der Waals surface area contributed by atoms with Crippen molar-refractivity contribution in [3.63, 3.8) is 0 Å². The van der Waals surface area contributed by atoms with E-state index in [0.29, 0.717) is 17.4 Å². The van der Waals surface area contributed by atoms with Crippen LogP contribution >= 0.6 is 23.4 Å². The van der Waals surface area contributed by atoms with E-state index in [4.69, 9.17) is 16.6 Å². The molecule has 0 N–H and O–H groups in total. The van der Waals surface area contributed by atoms with Crippen LogP contribution in [0.5, 0.6) is 0 Å². The van der Waals surface area contributed by atoms with Crippen LogP contribution in [0.4, 0.5) is 4.79 Å². The van der Waals surface area contributed by atoms with Gasteiger partial charge in [-0.15, -0.1) is 0 Å². The molecule has 0 spiro atoms. The third kappa shape index (κ3) is 4.38. The molecule has 0 saturated carbocycles. The maximum Gasteiger partial charge on any atom is 0.358 e. The molecule has 160 valence electrons. The average molecular weight is 456 g/mol. The lowest BCUT2D eigenvalue weighted by atomic mass is 10.1. The molecular formula is C23H24ClN4O2S+. The van der Waals surface area contributed by atoms with Gasteiger partial charge in [-0.25, -0.2) is 9.37 Å². The minimum atomic E-state index is -0.624. The number of carbonyl (C=O) groups excluding carboxylic acids is 2. The van der Waals surface area contributed by atoms with Gasteiger partial charge in [0.15, 0.2) is 0 Å². The van der Waals surface area contributed by atoms with E-state index in [1.54, 1.807) is 18.8 Å². The zero-order valence-electron chi connectivity index (χ0n) is 17.5. The zero-order chi connectivity index (χ0) is 22.0. The van der Waals surface area contributed by atoms with Gasteiger partial charge in [-0.3, -0.25) is 14.6 Å². The molecule has 6 nitrogen and oxygen atoms in total. The van der Waals surface area contributed by atoms with E-state index in [2.05, 4.69) is 12.1 Å². The van der Waals surface area contributed by atoms with Crippen LogP contribution in [0.3, 0.4) is 0 Å². The van der Waals surface area contributed by atoms with Crippen LogP contribution in [-0.4, -0.2) is 63.2 Å². The number of urea groups is 1. The Bertz CT molecular complexity index is 1070. The fourth-order valence-corrected chi connectivity index (χ4v) is 4.91. The van der Waals surface area contributed by atoms with Gasteiger partial charge >= 0.3 is 11.2 Å². The monoisotopic (exact) mass is 455 g/mol. The normalized spacial score (nSPS) is 18.5. The second kappa shape index (κ2) is 9.24. The van der Waals surface area contributed by atoms with E-state index in [-0.39, 0.29) is 11.9 Å². The van der Waals surface area contributed by atoms with Crippen LogP contribution in [0.2, 0.25) is 5.02 Å². The first-order chi connectivity index (χ1) is 15.0. The van der Waals surface area contributed by atoms with E-state index >= 15 is 0 Å². The Morgan fingerprint density at radius 1 is 1.03 bits per heavy atom. The number of amidine groups is 2. The molecule has 3 amide bonds. The van der Waals surface area contributed by atoms with Crippen molar-refractivity contribution in [1.82, 2.24) is 9.80 Å². The lowest BCUT2D eigenvalue weighted by molar-refractivity contribution is -0.548. The summed E-state index contributed by atoms with van der Waals surface area (Å²) in [5, 5.41) is 1.39. The number of fused-ring (bicyclic) bond motifs is 1. The molecule has 0 aliphatic carbocycles. The molecule has 2 heterocycles. The highest BCUT2D eigenvalue weighted by Gasteiger charge is 2.53. The number of halogens is 1. The summed E-state index contributed by atoms with van der Waals surface area (Å²) in [4.78, 5) is 32.8. The van der Waals surface area contributed by atoms with Gasteiger partial charge in [-0.2, -0.15) is 0 Å². The van der Waals surface area contributed by atoms with E-state index in [0.717, 1.165) is 34.2 Å². The van der Waals surface area contributed by atoms with Crippen LogP contribution in [-0.2, 0) is 17.8 Å². The molecule has 0 bridgehead atoms. The predicted molar refractivity (Wildman–Crippen MR) is 125 cm³/mol. The summed E-state index contributed by atoms with van der Waals surface area (Å²) in [6.07, 6.45) is 1.96. The number of hydrogen-bond acceptors (Lipinski definition) is 4. The highest BCUT2D eigenvalue weighted by atomic mass is 35.5. The summed E-state index contributed by atoms with van der Waals surface area (Å²) in [7, 11) is 3.17. The van der Waals surface area contributed by atoms with Gasteiger partial charge in [0.25, 0.3) is 17.8 Å². The van der Waals surface area contributed by atoms with Gasteiger partial charge in [0.2, 0.25) is 0 Å². The van der Waals surface area contributed by atoms with Crippen molar-refractivity contribution >= 4 is 46.3 Å². The molecule has 4 rings (SSSR count). The van der Waals surface area contributed by atoms with Crippen molar-refractivity contribution in [2.45, 2.75) is 25.4 Å². The van der Waals surface area contributed by atoms with Crippen LogP contribution < -0.4 is 0 Å². The zero-order valence-corrected chi connectivity index (χ0v) is 19.1. The molecule has 2 aliphatic heterocycles. The molecular weight excluding hydrogens is 432 g/mol. The van der Waals surface area contributed by atoms with Gasteiger partial charge in [-0.1, -0.05) is 60.1 Å². The minimum absolute atomic E-state index is 0.270. The summed E-state index contributed by atoms with van der Waals surface area (Å²) in [5.74, 6) is 1.06. The number of rotatable bonds is 6. The van der Waals surface area contributed by atoms with Gasteiger partial charge in [0.05, 0.1) is 0 Å². The highest BCUT2D eigenvalue weighted by Crippen LogP contribution is 2.26. The van der Waals surface area contributed by atoms with Crippen molar-refractivity contribution in [3.8, 4) is 0 Å². The first-order valence-corrected chi connectivity index (χ1v) is 11.5. The van der Waals surface area contributed by atoms with Gasteiger partial charge in [-0.05, 0) is 41.2 Å². The number of aliphatic imine (C=N–C) groups is 1. The smallest absolute Gasteiger partial charge is 0.269 e. The van der Waals surface area contributed by atoms with E-state index < -0.39 is 6.04 Å². The van der Waals surface area contributed by atoms with Crippen molar-refractivity contribution in [3.05, 3.63) is 70.7 Å². The summed E-state index contributed by atoms with van der Waals surface area (Å²) in [6, 6.07) is 17.0. The largest absolute Gasteiger partial charge is 0.358 e. The van der Waals surface area contributed by atoms with Crippen molar-refractivity contribution in [2.75, 3.05) is 19.8 Å². The molecule has 1 atom stereocenters. The van der Waals surface area contributed by atoms with Gasteiger partial charge in [0.1, 0.15) is 6.54 Å². The second-order valence-electron chi connectivity index (χ2n) is 7.55. The number of carbonyl (C=O) groups is 2. The fourth-order valence-electron chi connectivity index (χ4n) is 3.74. The Labute approximate surface area is 191 Å². The topological polar surface area (TPSA) is 56.0 Å². The molecule has 31 heavy (non-hydrogen) atoms. The van der Waals surface area contributed by atoms with Crippen molar-refractivity contribution in [1.29, 1.82) is 0 Å². The third-order valence-electron chi connectivity index (χ3n) is 5.48. The number of benzene rings is 2. The van der Waals surface area contributed by atoms with E-state index in [1.165, 1.54) is 17.5 Å². The summed E-state index contributed by atoms with van der Waals surface area (Å²) < 4.78 is 1.96. The van der Waals surface area contributed by atoms with E-state index in [9.17, 15) is 9.59 Å². The molecule has 8 heteroatoms. The average Bonchev–Trinajstić information content (AvgIpc) is 3.14. The van der Waals surface area contributed by atoms with Gasteiger partial charge in [0, 0.05) is 30.4 Å². The SMILES string of the molecule is CN1C(=O)C2C(=NC(SCCCc3ccccc3)=[N+]2Cc2ccccc2Cl)N(C)C1=O. The first-order valence-electron chi connectivity index (χ1n) is 10.1. The maximum atomic E-state index is 13.0. The molecule has 1 unspecified atom stereocenters. The minimum Gasteiger partial charge on any atom is -0.269 e. The Kier molecular flexibility index (Phi) is 6.43. The molecule has 1 saturated heterocycles. The first kappa shape index (κ1) is 21.6. The maximum absolute atomic E-state index is 13.0. The lowest BCUT2D eigenvalue weighted by Gasteiger charge is -2.30. The predicted octanol–water partition coefficient (Wildman–Crippen LogP) is 3.88. The fraction of sp³-hybridized carbons (Fsp3) is 0.304. The van der Waals surface area contributed by atoms with Crippen LogP contribution in [0.1, 0.15) is 17.5 Å². The van der Waals surface area contributed by atoms with Crippen LogP contribution in [0, 0.1) is 0 Å². The molecule has 0 aromatic heterocycles. The van der Waals surface area contributed by atoms with E-state index in [1.807, 2.05) is 47.0 Å². The van der Waals surface area contributed by atoms with Gasteiger partial charge < -0.3 is 0 Å². The summed E-state index contributed by atoms with van der Waals surface area (Å²) in [6.45, 7) is 0.444. The number of likely N-dealkylation sites (N-methyl/N-ethyl adjacent to an activating group) is 2. The highest BCUT2D eigenvalue weighted by molar-refractivity contribution is 8.13. The number of thioether (sulfide) groups is 1. The standard InChI is InChI=1S/C23H24ClN4O2S/c1-26-20-19(21(29)27(2)23(26)30)28(15-17-12-6-7-13-18(17)24)22(25-20)31-14-8-11-16-9-4-3-5-10-16/h3-7,9-10,12-13,19H,8,11,14-15H2,1-2H3/q+1. The Morgan fingerprint density at radius 2 is 1.74 bits per heavy atom. The van der Waals surface area contributed by atoms with Crippen molar-refractivity contribution in [2.24, 2.45) is 4.99 Å². The quantitative estimate of drug-likeness (QED) is 0.490. The number of hydrogen-bond donors (Lipinski definition) is 0.